The second-order valence-electron chi connectivity index (χ2n) is 5.72. The maximum absolute atomic E-state index is 10.1. The van der Waals surface area contributed by atoms with Gasteiger partial charge in [-0.3, -0.25) is 14.0 Å². The monoisotopic (exact) mass is 391 g/mol. The van der Waals surface area contributed by atoms with E-state index in [1.54, 1.807) is 11.8 Å². The van der Waals surface area contributed by atoms with Crippen molar-refractivity contribution in [2.24, 2.45) is 5.92 Å². The van der Waals surface area contributed by atoms with Crippen molar-refractivity contribution < 1.29 is 22.6 Å². The molecule has 0 aliphatic carbocycles. The number of aromatic nitrogens is 3. The lowest BCUT2D eigenvalue weighted by Gasteiger charge is -2.14. The molecule has 0 radical (unpaired) electrons. The fraction of sp³-hybridized carbons (Fsp3) is 0.538. The van der Waals surface area contributed by atoms with Gasteiger partial charge in [0.05, 0.1) is 11.6 Å². The fourth-order valence-electron chi connectivity index (χ4n) is 2.82. The molecule has 3 rings (SSSR count). The Morgan fingerprint density at radius 1 is 1.40 bits per heavy atom. The molecule has 140 valence electrons. The van der Waals surface area contributed by atoms with Crippen molar-refractivity contribution in [3.8, 4) is 0 Å². The van der Waals surface area contributed by atoms with Crippen LogP contribution in [0.2, 0.25) is 0 Å². The summed E-state index contributed by atoms with van der Waals surface area (Å²) >= 11 is 1.79. The van der Waals surface area contributed by atoms with Crippen LogP contribution >= 0.6 is 11.8 Å². The molecule has 25 heavy (non-hydrogen) atoms. The number of hydrogen-bond donors (Lipinski definition) is 5. The van der Waals surface area contributed by atoms with Crippen LogP contribution in [0.5, 0.6) is 0 Å². The number of nitrogens with two attached hydrogens (primary N) is 1. The Labute approximate surface area is 149 Å². The fourth-order valence-corrected chi connectivity index (χ4v) is 3.58. The predicted octanol–water partition coefficient (Wildman–Crippen LogP) is 0.0430. The van der Waals surface area contributed by atoms with Crippen molar-refractivity contribution in [1.29, 1.82) is 0 Å². The van der Waals surface area contributed by atoms with Crippen molar-refractivity contribution in [1.82, 2.24) is 19.9 Å². The smallest absolute Gasteiger partial charge is 0.391 e. The summed E-state index contributed by atoms with van der Waals surface area (Å²) in [6.45, 7) is 2.42. The van der Waals surface area contributed by atoms with Crippen LogP contribution in [0, 0.1) is 5.92 Å². The van der Waals surface area contributed by atoms with Gasteiger partial charge >= 0.3 is 10.4 Å². The number of hydrogen-bond acceptors (Lipinski definition) is 8. The first-order valence-electron chi connectivity index (χ1n) is 7.34. The van der Waals surface area contributed by atoms with Crippen LogP contribution in [0.3, 0.4) is 0 Å². The number of rotatable bonds is 4. The number of nitrogens with one attached hydrogen (secondary N) is 1. The number of anilines is 1. The van der Waals surface area contributed by atoms with Crippen molar-refractivity contribution in [3.63, 3.8) is 0 Å². The summed E-state index contributed by atoms with van der Waals surface area (Å²) < 4.78 is 31.6. The first-order valence-corrected chi connectivity index (χ1v) is 10.1. The number of aromatic amines is 1. The van der Waals surface area contributed by atoms with Crippen LogP contribution in [-0.2, 0) is 16.9 Å². The summed E-state index contributed by atoms with van der Waals surface area (Å²) in [5.41, 5.74) is 8.60. The van der Waals surface area contributed by atoms with E-state index >= 15 is 0 Å². The number of nitrogen functional groups attached to an aromatic ring is 1. The Balaban J connectivity index is 0.000000399. The van der Waals surface area contributed by atoms with Gasteiger partial charge in [-0.2, -0.15) is 20.2 Å². The van der Waals surface area contributed by atoms with Gasteiger partial charge in [-0.25, -0.2) is 9.97 Å². The van der Waals surface area contributed by atoms with E-state index in [2.05, 4.69) is 26.1 Å². The van der Waals surface area contributed by atoms with Crippen molar-refractivity contribution in [3.05, 3.63) is 18.1 Å². The number of β-amino-alcohol motifs (C(OH)–C–C–N with tert-alkyl or cyclic N) is 1. The zero-order chi connectivity index (χ0) is 18.6. The molecule has 10 nitrogen and oxygen atoms in total. The third-order valence-corrected chi connectivity index (χ3v) is 4.59. The standard InChI is InChI=1S/C13H19N5OS.H2O4S/c1-20-6-9-4-18(5-10(9)19)3-8-2-15-12-11(8)16-7-17-13(12)14;1-5(2,3)4/h2,7,9-10,15,19H,3-6H2,1H3,(H2,14,16,17);(H2,1,2,3,4). The molecule has 2 aromatic heterocycles. The molecule has 1 fully saturated rings. The summed E-state index contributed by atoms with van der Waals surface area (Å²) in [4.78, 5) is 13.7. The van der Waals surface area contributed by atoms with Gasteiger partial charge < -0.3 is 15.8 Å². The highest BCUT2D eigenvalue weighted by molar-refractivity contribution is 7.98. The summed E-state index contributed by atoms with van der Waals surface area (Å²) in [6, 6.07) is 0. The number of nitrogens with zero attached hydrogens (tertiary/aromatic N) is 3. The van der Waals surface area contributed by atoms with Crippen LogP contribution in [0.4, 0.5) is 5.82 Å². The van der Waals surface area contributed by atoms with E-state index in [0.717, 1.165) is 42.0 Å². The topological polar surface area (TPSA) is 166 Å². The van der Waals surface area contributed by atoms with E-state index in [4.69, 9.17) is 23.3 Å². The molecule has 0 amide bonds. The van der Waals surface area contributed by atoms with Gasteiger partial charge in [0.25, 0.3) is 0 Å². The molecule has 6 N–H and O–H groups in total. The molecule has 2 aromatic rings. The number of H-pyrrole nitrogens is 1. The molecule has 1 aliphatic rings. The molecular weight excluding hydrogens is 370 g/mol. The number of aliphatic hydroxyl groups is 1. The highest BCUT2D eigenvalue weighted by Crippen LogP contribution is 2.25. The van der Waals surface area contributed by atoms with Crippen molar-refractivity contribution >= 4 is 39.0 Å². The molecular formula is C13H21N5O5S2. The Bertz CT molecular complexity index is 804. The van der Waals surface area contributed by atoms with E-state index in [-0.39, 0.29) is 6.10 Å². The minimum Gasteiger partial charge on any atom is -0.391 e. The SMILES string of the molecule is CSCC1CN(Cc2c[nH]c3c(N)ncnc23)CC1O.O=S(=O)(O)O. The maximum Gasteiger partial charge on any atom is 0.394 e. The second kappa shape index (κ2) is 8.29. The van der Waals surface area contributed by atoms with E-state index < -0.39 is 10.4 Å². The van der Waals surface area contributed by atoms with Gasteiger partial charge in [0, 0.05) is 37.3 Å². The molecule has 0 saturated carbocycles. The molecule has 1 aliphatic heterocycles. The Kier molecular flexibility index (Phi) is 6.59. The number of likely N-dealkylation sites (tertiary alicyclic amines) is 1. The largest absolute Gasteiger partial charge is 0.394 e. The van der Waals surface area contributed by atoms with E-state index in [1.807, 2.05) is 6.20 Å². The van der Waals surface area contributed by atoms with E-state index in [1.165, 1.54) is 6.33 Å². The van der Waals surface area contributed by atoms with Gasteiger partial charge in [-0.05, 0) is 12.0 Å². The second-order valence-corrected chi connectivity index (χ2v) is 7.53. The van der Waals surface area contributed by atoms with Crippen molar-refractivity contribution in [2.45, 2.75) is 12.6 Å². The summed E-state index contributed by atoms with van der Waals surface area (Å²) in [5, 5.41) is 10.1. The highest BCUT2D eigenvalue weighted by Gasteiger charge is 2.31. The maximum atomic E-state index is 10.1. The molecule has 0 bridgehead atoms. The third-order valence-electron chi connectivity index (χ3n) is 3.83. The van der Waals surface area contributed by atoms with Crippen molar-refractivity contribution in [2.75, 3.05) is 30.8 Å². The molecule has 0 spiro atoms. The van der Waals surface area contributed by atoms with Gasteiger partial charge in [0.2, 0.25) is 0 Å². The molecule has 1 saturated heterocycles. The van der Waals surface area contributed by atoms with E-state index in [0.29, 0.717) is 11.7 Å². The lowest BCUT2D eigenvalue weighted by molar-refractivity contribution is 0.149. The van der Waals surface area contributed by atoms with Crippen LogP contribution in [0.1, 0.15) is 5.56 Å². The summed E-state index contributed by atoms with van der Waals surface area (Å²) in [5.74, 6) is 1.83. The van der Waals surface area contributed by atoms with Gasteiger partial charge in [-0.15, -0.1) is 0 Å². The quantitative estimate of drug-likeness (QED) is 0.449. The molecule has 0 aromatic carbocycles. The third kappa shape index (κ3) is 5.80. The average molecular weight is 391 g/mol. The Morgan fingerprint density at radius 2 is 2.08 bits per heavy atom. The summed E-state index contributed by atoms with van der Waals surface area (Å²) in [6.07, 6.45) is 5.27. The van der Waals surface area contributed by atoms with Crippen LogP contribution in [-0.4, -0.2) is 73.7 Å². The zero-order valence-electron chi connectivity index (χ0n) is 13.5. The molecule has 2 unspecified atom stereocenters. The Morgan fingerprint density at radius 3 is 2.72 bits per heavy atom. The van der Waals surface area contributed by atoms with Gasteiger partial charge in [0.1, 0.15) is 11.8 Å². The van der Waals surface area contributed by atoms with Crippen LogP contribution in [0.15, 0.2) is 12.5 Å². The normalized spacial score (nSPS) is 21.3. The predicted molar refractivity (Wildman–Crippen MR) is 95.6 cm³/mol. The van der Waals surface area contributed by atoms with E-state index in [9.17, 15) is 5.11 Å². The minimum atomic E-state index is -4.67. The highest BCUT2D eigenvalue weighted by atomic mass is 32.3. The first-order chi connectivity index (χ1) is 11.7. The van der Waals surface area contributed by atoms with Crippen LogP contribution < -0.4 is 5.73 Å². The molecule has 2 atom stereocenters. The molecule has 3 heterocycles. The average Bonchev–Trinajstić information content (AvgIpc) is 3.04. The lowest BCUT2D eigenvalue weighted by Crippen LogP contribution is -2.21. The molecule has 12 heteroatoms. The number of aliphatic hydroxyl groups excluding tert-OH is 1. The first kappa shape index (κ1) is 19.9. The number of fused-ring (bicyclic) bond motifs is 1. The van der Waals surface area contributed by atoms with Gasteiger partial charge in [0.15, 0.2) is 5.82 Å². The zero-order valence-corrected chi connectivity index (χ0v) is 15.2. The minimum absolute atomic E-state index is 0.229. The lowest BCUT2D eigenvalue weighted by atomic mass is 10.1. The van der Waals surface area contributed by atoms with Gasteiger partial charge in [-0.1, -0.05) is 0 Å². The van der Waals surface area contributed by atoms with Crippen LogP contribution in [0.25, 0.3) is 11.0 Å². The number of thioether (sulfide) groups is 1. The Hall–Kier alpha value is -1.44. The summed E-state index contributed by atoms with van der Waals surface area (Å²) in [7, 11) is -4.67.